The number of pyridine rings is 1. The summed E-state index contributed by atoms with van der Waals surface area (Å²) in [6.07, 6.45) is 2.54. The molecule has 3 aromatic rings. The standard InChI is InChI=1S/C19H17ClFN5O3S/c1-12-3-2-4-13(26-12)8-24-19(27)18-11-22-14(9-23-18)10-25-30(28,29)15-5-6-17(21)16(20)7-15/h2-7,9,11,25H,8,10H2,1H3,(H,24,27). The van der Waals surface area contributed by atoms with Crippen molar-refractivity contribution in [3.63, 3.8) is 0 Å². The molecule has 0 spiro atoms. The molecule has 30 heavy (non-hydrogen) atoms. The molecule has 1 aromatic carbocycles. The maximum absolute atomic E-state index is 13.2. The SMILES string of the molecule is Cc1cccc(CNC(=O)c2cnc(CNS(=O)(=O)c3ccc(F)c(Cl)c3)cn2)n1. The number of aromatic nitrogens is 3. The van der Waals surface area contributed by atoms with Gasteiger partial charge in [-0.15, -0.1) is 0 Å². The van der Waals surface area contributed by atoms with E-state index >= 15 is 0 Å². The molecule has 2 heterocycles. The highest BCUT2D eigenvalue weighted by Gasteiger charge is 2.16. The Labute approximate surface area is 177 Å². The van der Waals surface area contributed by atoms with E-state index in [0.717, 1.165) is 23.9 Å². The van der Waals surface area contributed by atoms with E-state index in [4.69, 9.17) is 11.6 Å². The highest BCUT2D eigenvalue weighted by molar-refractivity contribution is 7.89. The van der Waals surface area contributed by atoms with Gasteiger partial charge in [0.2, 0.25) is 10.0 Å². The van der Waals surface area contributed by atoms with Crippen LogP contribution in [0.4, 0.5) is 4.39 Å². The zero-order chi connectivity index (χ0) is 21.7. The number of amides is 1. The van der Waals surface area contributed by atoms with Gasteiger partial charge < -0.3 is 5.32 Å². The lowest BCUT2D eigenvalue weighted by atomic mass is 10.3. The maximum atomic E-state index is 13.2. The maximum Gasteiger partial charge on any atom is 0.271 e. The molecule has 0 atom stereocenters. The zero-order valence-electron chi connectivity index (χ0n) is 15.8. The van der Waals surface area contributed by atoms with Crippen LogP contribution < -0.4 is 10.0 Å². The van der Waals surface area contributed by atoms with Crippen molar-refractivity contribution in [2.45, 2.75) is 24.9 Å². The third-order valence-corrected chi connectivity index (χ3v) is 5.65. The molecule has 0 bridgehead atoms. The molecule has 0 aliphatic rings. The van der Waals surface area contributed by atoms with E-state index in [1.165, 1.54) is 12.4 Å². The number of hydrogen-bond donors (Lipinski definition) is 2. The highest BCUT2D eigenvalue weighted by atomic mass is 35.5. The Bertz CT molecular complexity index is 1170. The van der Waals surface area contributed by atoms with E-state index in [1.807, 2.05) is 19.1 Å². The van der Waals surface area contributed by atoms with Gasteiger partial charge in [-0.3, -0.25) is 14.8 Å². The van der Waals surface area contributed by atoms with Gasteiger partial charge >= 0.3 is 0 Å². The summed E-state index contributed by atoms with van der Waals surface area (Å²) >= 11 is 5.63. The Morgan fingerprint density at radius 2 is 1.90 bits per heavy atom. The monoisotopic (exact) mass is 449 g/mol. The number of rotatable bonds is 7. The smallest absolute Gasteiger partial charge is 0.271 e. The molecule has 0 unspecified atom stereocenters. The van der Waals surface area contributed by atoms with Gasteiger partial charge in [-0.05, 0) is 37.3 Å². The molecule has 0 saturated heterocycles. The molecule has 0 aliphatic carbocycles. The van der Waals surface area contributed by atoms with Crippen molar-refractivity contribution in [1.29, 1.82) is 0 Å². The first-order chi connectivity index (χ1) is 14.2. The minimum Gasteiger partial charge on any atom is -0.345 e. The molecular formula is C19H17ClFN5O3S. The van der Waals surface area contributed by atoms with Crippen LogP contribution in [0.3, 0.4) is 0 Å². The average molecular weight is 450 g/mol. The van der Waals surface area contributed by atoms with Gasteiger partial charge in [0.1, 0.15) is 11.5 Å². The van der Waals surface area contributed by atoms with Gasteiger partial charge in [0, 0.05) is 5.69 Å². The summed E-state index contributed by atoms with van der Waals surface area (Å²) in [5.74, 6) is -1.15. The number of aryl methyl sites for hydroxylation is 1. The van der Waals surface area contributed by atoms with E-state index in [9.17, 15) is 17.6 Å². The molecule has 0 fully saturated rings. The summed E-state index contributed by atoms with van der Waals surface area (Å²) in [4.78, 5) is 24.3. The molecule has 2 N–H and O–H groups in total. The number of halogens is 2. The molecule has 0 radical (unpaired) electrons. The first-order valence-electron chi connectivity index (χ1n) is 8.71. The van der Waals surface area contributed by atoms with E-state index < -0.39 is 21.7 Å². The fourth-order valence-electron chi connectivity index (χ4n) is 2.42. The summed E-state index contributed by atoms with van der Waals surface area (Å²) < 4.78 is 40.1. The minimum absolute atomic E-state index is 0.0829. The van der Waals surface area contributed by atoms with Crippen LogP contribution >= 0.6 is 11.6 Å². The predicted molar refractivity (Wildman–Crippen MR) is 108 cm³/mol. The normalized spacial score (nSPS) is 11.3. The van der Waals surface area contributed by atoms with E-state index in [0.29, 0.717) is 11.4 Å². The Kier molecular flexibility index (Phi) is 6.70. The van der Waals surface area contributed by atoms with Crippen molar-refractivity contribution < 1.29 is 17.6 Å². The topological polar surface area (TPSA) is 114 Å². The quantitative estimate of drug-likeness (QED) is 0.572. The molecule has 0 saturated carbocycles. The second-order valence-electron chi connectivity index (χ2n) is 6.25. The average Bonchev–Trinajstić information content (AvgIpc) is 2.73. The molecule has 3 rings (SSSR count). The van der Waals surface area contributed by atoms with Crippen molar-refractivity contribution >= 4 is 27.5 Å². The van der Waals surface area contributed by atoms with Crippen LogP contribution in [0.25, 0.3) is 0 Å². The summed E-state index contributed by atoms with van der Waals surface area (Å²) in [7, 11) is -3.92. The van der Waals surface area contributed by atoms with Crippen LogP contribution in [0.5, 0.6) is 0 Å². The van der Waals surface area contributed by atoms with E-state index in [2.05, 4.69) is 25.0 Å². The summed E-state index contributed by atoms with van der Waals surface area (Å²) in [6.45, 7) is 1.93. The third-order valence-electron chi connectivity index (χ3n) is 3.96. The number of carbonyl (C=O) groups excluding carboxylic acids is 1. The summed E-state index contributed by atoms with van der Waals surface area (Å²) in [5, 5.41) is 2.39. The number of benzene rings is 1. The van der Waals surface area contributed by atoms with Crippen molar-refractivity contribution in [2.75, 3.05) is 0 Å². The van der Waals surface area contributed by atoms with Crippen molar-refractivity contribution in [3.8, 4) is 0 Å². The highest BCUT2D eigenvalue weighted by Crippen LogP contribution is 2.19. The van der Waals surface area contributed by atoms with Gasteiger partial charge in [-0.1, -0.05) is 17.7 Å². The molecule has 11 heteroatoms. The van der Waals surface area contributed by atoms with Crippen molar-refractivity contribution in [1.82, 2.24) is 25.0 Å². The Morgan fingerprint density at radius 1 is 1.10 bits per heavy atom. The van der Waals surface area contributed by atoms with Gasteiger partial charge in [0.15, 0.2) is 0 Å². The second-order valence-corrected chi connectivity index (χ2v) is 8.42. The fourth-order valence-corrected chi connectivity index (χ4v) is 3.69. The third kappa shape index (κ3) is 5.56. The number of hydrogen-bond acceptors (Lipinski definition) is 6. The van der Waals surface area contributed by atoms with Crippen LogP contribution in [0.1, 0.15) is 27.6 Å². The van der Waals surface area contributed by atoms with Crippen LogP contribution in [0.15, 0.2) is 53.7 Å². The molecule has 8 nitrogen and oxygen atoms in total. The molecule has 156 valence electrons. The molecule has 0 aliphatic heterocycles. The van der Waals surface area contributed by atoms with Crippen LogP contribution in [-0.4, -0.2) is 29.3 Å². The van der Waals surface area contributed by atoms with Crippen LogP contribution in [0.2, 0.25) is 5.02 Å². The fraction of sp³-hybridized carbons (Fsp3) is 0.158. The lowest BCUT2D eigenvalue weighted by molar-refractivity contribution is 0.0945. The van der Waals surface area contributed by atoms with Crippen molar-refractivity contribution in [2.24, 2.45) is 0 Å². The first-order valence-corrected chi connectivity index (χ1v) is 10.6. The van der Waals surface area contributed by atoms with Crippen LogP contribution in [-0.2, 0) is 23.1 Å². The number of carbonyl (C=O) groups is 1. The Balaban J connectivity index is 1.58. The number of nitrogens with zero attached hydrogens (tertiary/aromatic N) is 3. The Hall–Kier alpha value is -2.95. The van der Waals surface area contributed by atoms with E-state index in [1.54, 1.807) is 6.07 Å². The van der Waals surface area contributed by atoms with E-state index in [-0.39, 0.29) is 28.7 Å². The van der Waals surface area contributed by atoms with Crippen molar-refractivity contribution in [3.05, 3.63) is 82.4 Å². The molecule has 2 aromatic heterocycles. The largest absolute Gasteiger partial charge is 0.345 e. The van der Waals surface area contributed by atoms with Gasteiger partial charge in [0.05, 0.1) is 46.8 Å². The predicted octanol–water partition coefficient (Wildman–Crippen LogP) is 2.38. The summed E-state index contributed by atoms with van der Waals surface area (Å²) in [5.41, 5.74) is 1.93. The lowest BCUT2D eigenvalue weighted by Gasteiger charge is -2.08. The lowest BCUT2D eigenvalue weighted by Crippen LogP contribution is -2.26. The summed E-state index contributed by atoms with van der Waals surface area (Å²) in [6, 6.07) is 8.58. The number of sulfonamides is 1. The molecule has 1 amide bonds. The van der Waals surface area contributed by atoms with Gasteiger partial charge in [-0.25, -0.2) is 22.5 Å². The zero-order valence-corrected chi connectivity index (χ0v) is 17.3. The first kappa shape index (κ1) is 21.8. The van der Waals surface area contributed by atoms with Gasteiger partial charge in [0.25, 0.3) is 5.91 Å². The second kappa shape index (κ2) is 9.24. The molecular weight excluding hydrogens is 433 g/mol. The number of nitrogens with one attached hydrogen (secondary N) is 2. The van der Waals surface area contributed by atoms with Gasteiger partial charge in [-0.2, -0.15) is 0 Å². The Morgan fingerprint density at radius 3 is 2.57 bits per heavy atom. The minimum atomic E-state index is -3.92. The van der Waals surface area contributed by atoms with Crippen LogP contribution in [0, 0.1) is 12.7 Å².